The Bertz CT molecular complexity index is 953. The Morgan fingerprint density at radius 1 is 1.26 bits per heavy atom. The molecule has 2 aromatic rings. The Kier molecular flexibility index (Phi) is 4.46. The smallest absolute Gasteiger partial charge is 0.254 e. The van der Waals surface area contributed by atoms with Crippen molar-refractivity contribution in [2.75, 3.05) is 19.6 Å². The second-order valence-electron chi connectivity index (χ2n) is 6.63. The van der Waals surface area contributed by atoms with Crippen LogP contribution >= 0.6 is 11.5 Å². The zero-order valence-corrected chi connectivity index (χ0v) is 15.4. The zero-order chi connectivity index (χ0) is 19.0. The molecule has 136 valence electrons. The number of nitrogens with one attached hydrogen (secondary N) is 2. The van der Waals surface area contributed by atoms with Gasteiger partial charge in [-0.2, -0.15) is 4.37 Å². The lowest BCUT2D eigenvalue weighted by Gasteiger charge is -2.35. The van der Waals surface area contributed by atoms with Crippen molar-refractivity contribution in [2.24, 2.45) is 0 Å². The second kappa shape index (κ2) is 6.93. The van der Waals surface area contributed by atoms with E-state index >= 15 is 0 Å². The third-order valence-corrected chi connectivity index (χ3v) is 5.44. The molecule has 1 aromatic carbocycles. The fraction of sp³-hybridized carbons (Fsp3) is 0.316. The van der Waals surface area contributed by atoms with Crippen LogP contribution in [0.5, 0.6) is 0 Å². The van der Waals surface area contributed by atoms with E-state index in [4.69, 9.17) is 17.2 Å². The number of aromatic nitrogens is 2. The lowest BCUT2D eigenvalue weighted by molar-refractivity contribution is 0.0757. The van der Waals surface area contributed by atoms with Crippen LogP contribution in [-0.4, -0.2) is 56.4 Å². The topological polar surface area (TPSA) is 97.0 Å². The van der Waals surface area contributed by atoms with Gasteiger partial charge in [-0.1, -0.05) is 5.92 Å². The summed E-state index contributed by atoms with van der Waals surface area (Å²) in [4.78, 5) is 20.3. The summed E-state index contributed by atoms with van der Waals surface area (Å²) in [5, 5.41) is 17.2. The van der Waals surface area contributed by atoms with Gasteiger partial charge in [0.2, 0.25) is 0 Å². The Balaban J connectivity index is 1.42. The van der Waals surface area contributed by atoms with Gasteiger partial charge in [0, 0.05) is 30.1 Å². The van der Waals surface area contributed by atoms with Gasteiger partial charge in [-0.15, -0.1) is 6.42 Å². The van der Waals surface area contributed by atoms with Crippen LogP contribution in [-0.2, 0) is 0 Å². The average molecular weight is 378 g/mol. The van der Waals surface area contributed by atoms with Crippen LogP contribution in [0, 0.1) is 23.2 Å². The van der Waals surface area contributed by atoms with E-state index in [0.29, 0.717) is 29.6 Å². The van der Waals surface area contributed by atoms with Gasteiger partial charge in [0.1, 0.15) is 11.7 Å². The van der Waals surface area contributed by atoms with Gasteiger partial charge < -0.3 is 9.80 Å². The van der Waals surface area contributed by atoms with Crippen molar-refractivity contribution in [3.05, 3.63) is 46.2 Å². The highest BCUT2D eigenvalue weighted by atomic mass is 32.1. The van der Waals surface area contributed by atoms with E-state index in [0.717, 1.165) is 24.2 Å². The number of amidine groups is 2. The number of piperazine rings is 1. The molecule has 1 saturated heterocycles. The van der Waals surface area contributed by atoms with Gasteiger partial charge in [-0.05, 0) is 48.6 Å². The van der Waals surface area contributed by atoms with Gasteiger partial charge in [0.05, 0.1) is 6.54 Å². The Morgan fingerprint density at radius 3 is 2.63 bits per heavy atom. The van der Waals surface area contributed by atoms with Crippen molar-refractivity contribution in [3.63, 3.8) is 0 Å². The molecule has 2 aliphatic rings. The second-order valence-corrected chi connectivity index (χ2v) is 7.38. The number of rotatable bonds is 3. The molecule has 0 spiro atoms. The number of amides is 1. The third kappa shape index (κ3) is 3.46. The average Bonchev–Trinajstić information content (AvgIpc) is 3.43. The van der Waals surface area contributed by atoms with E-state index in [1.54, 1.807) is 34.1 Å². The highest BCUT2D eigenvalue weighted by Gasteiger charge is 2.32. The minimum Gasteiger partial charge on any atom is -0.329 e. The molecule has 1 aromatic heterocycles. The number of benzene rings is 1. The summed E-state index contributed by atoms with van der Waals surface area (Å²) in [7, 11) is 0. The molecule has 4 rings (SSSR count). The highest BCUT2D eigenvalue weighted by Crippen LogP contribution is 2.38. The summed E-state index contributed by atoms with van der Waals surface area (Å²) < 4.78 is 4.33. The molecular weight excluding hydrogens is 360 g/mol. The van der Waals surface area contributed by atoms with Crippen molar-refractivity contribution in [1.82, 2.24) is 19.2 Å². The molecule has 1 saturated carbocycles. The largest absolute Gasteiger partial charge is 0.329 e. The molecule has 0 radical (unpaired) electrons. The van der Waals surface area contributed by atoms with Crippen molar-refractivity contribution in [2.45, 2.75) is 18.8 Å². The molecular formula is C19H18N6OS. The molecule has 0 atom stereocenters. The first-order valence-electron chi connectivity index (χ1n) is 8.70. The van der Waals surface area contributed by atoms with Crippen LogP contribution in [0.15, 0.2) is 24.3 Å². The fourth-order valence-corrected chi connectivity index (χ4v) is 3.67. The minimum atomic E-state index is -0.138. The van der Waals surface area contributed by atoms with Crippen LogP contribution in [0.4, 0.5) is 0 Å². The first-order chi connectivity index (χ1) is 13.1. The first-order valence-corrected chi connectivity index (χ1v) is 9.47. The van der Waals surface area contributed by atoms with Crippen LogP contribution < -0.4 is 0 Å². The molecule has 1 aliphatic heterocycles. The molecule has 2 fully saturated rings. The lowest BCUT2D eigenvalue weighted by Crippen LogP contribution is -2.53. The number of hydrogen-bond donors (Lipinski definition) is 2. The quantitative estimate of drug-likeness (QED) is 0.486. The first kappa shape index (κ1) is 17.4. The van der Waals surface area contributed by atoms with Crippen LogP contribution in [0.1, 0.15) is 45.5 Å². The standard InChI is InChI=1S/C19H18N6OS/c1-2-12-3-5-14(6-4-12)19(26)24-9-10-25(15(20)11-24)16(21)18-22-17(23-27-18)13-7-8-13/h1,3-6,13,20-21H,7-11H2. The van der Waals surface area contributed by atoms with E-state index in [9.17, 15) is 4.79 Å². The van der Waals surface area contributed by atoms with Gasteiger partial charge in [-0.3, -0.25) is 15.6 Å². The van der Waals surface area contributed by atoms with Crippen LogP contribution in [0.25, 0.3) is 0 Å². The van der Waals surface area contributed by atoms with Crippen molar-refractivity contribution < 1.29 is 4.79 Å². The van der Waals surface area contributed by atoms with E-state index in [1.165, 1.54) is 11.5 Å². The summed E-state index contributed by atoms with van der Waals surface area (Å²) in [6, 6.07) is 6.88. The summed E-state index contributed by atoms with van der Waals surface area (Å²) in [5.74, 6) is 4.05. The molecule has 2 heterocycles. The summed E-state index contributed by atoms with van der Waals surface area (Å²) in [6.45, 7) is 0.991. The lowest BCUT2D eigenvalue weighted by atomic mass is 10.1. The SMILES string of the molecule is C#Cc1ccc(C(=O)N2CCN(C(=N)c3nc(C4CC4)ns3)C(=N)C2)cc1. The van der Waals surface area contributed by atoms with Gasteiger partial charge in [-0.25, -0.2) is 4.98 Å². The van der Waals surface area contributed by atoms with Gasteiger partial charge in [0.25, 0.3) is 5.91 Å². The zero-order valence-electron chi connectivity index (χ0n) is 14.6. The Labute approximate surface area is 161 Å². The maximum atomic E-state index is 12.7. The van der Waals surface area contributed by atoms with Gasteiger partial charge in [0.15, 0.2) is 10.8 Å². The highest BCUT2D eigenvalue weighted by molar-refractivity contribution is 7.07. The third-order valence-electron chi connectivity index (χ3n) is 4.70. The number of nitrogens with zero attached hydrogens (tertiary/aromatic N) is 4. The maximum Gasteiger partial charge on any atom is 0.254 e. The molecule has 2 N–H and O–H groups in total. The predicted octanol–water partition coefficient (Wildman–Crippen LogP) is 2.16. The van der Waals surface area contributed by atoms with E-state index in [2.05, 4.69) is 15.3 Å². The minimum absolute atomic E-state index is 0.138. The molecule has 0 bridgehead atoms. The fourth-order valence-electron chi connectivity index (χ4n) is 2.97. The normalized spacial score (nSPS) is 16.9. The molecule has 8 heteroatoms. The molecule has 1 amide bonds. The number of terminal acetylenes is 1. The van der Waals surface area contributed by atoms with Crippen molar-refractivity contribution in [1.29, 1.82) is 10.8 Å². The predicted molar refractivity (Wildman–Crippen MR) is 103 cm³/mol. The Morgan fingerprint density at radius 2 is 2.00 bits per heavy atom. The summed E-state index contributed by atoms with van der Waals surface area (Å²) in [6.07, 6.45) is 7.57. The molecule has 7 nitrogen and oxygen atoms in total. The van der Waals surface area contributed by atoms with E-state index < -0.39 is 0 Å². The summed E-state index contributed by atoms with van der Waals surface area (Å²) in [5.41, 5.74) is 1.27. The maximum absolute atomic E-state index is 12.7. The van der Waals surface area contributed by atoms with Crippen LogP contribution in [0.2, 0.25) is 0 Å². The molecule has 1 aliphatic carbocycles. The molecule has 27 heavy (non-hydrogen) atoms. The molecule has 0 unspecified atom stereocenters. The number of carbonyl (C=O) groups is 1. The number of carbonyl (C=O) groups excluding carboxylic acids is 1. The summed E-state index contributed by atoms with van der Waals surface area (Å²) >= 11 is 1.21. The van der Waals surface area contributed by atoms with Crippen LogP contribution in [0.3, 0.4) is 0 Å². The number of hydrogen-bond acceptors (Lipinski definition) is 6. The Hall–Kier alpha value is -3.05. The van der Waals surface area contributed by atoms with Crippen molar-refractivity contribution >= 4 is 29.1 Å². The van der Waals surface area contributed by atoms with E-state index in [1.807, 2.05) is 0 Å². The van der Waals surface area contributed by atoms with Crippen molar-refractivity contribution in [3.8, 4) is 12.3 Å². The monoisotopic (exact) mass is 378 g/mol. The van der Waals surface area contributed by atoms with E-state index in [-0.39, 0.29) is 24.1 Å². The van der Waals surface area contributed by atoms with Gasteiger partial charge >= 0.3 is 0 Å².